The summed E-state index contributed by atoms with van der Waals surface area (Å²) >= 11 is -1.67. The van der Waals surface area contributed by atoms with Crippen LogP contribution in [0.3, 0.4) is 0 Å². The lowest BCUT2D eigenvalue weighted by Crippen LogP contribution is -2.31. The minimum atomic E-state index is -1.67. The van der Waals surface area contributed by atoms with Crippen molar-refractivity contribution in [1.29, 1.82) is 0 Å². The van der Waals surface area contributed by atoms with Crippen LogP contribution in [-0.2, 0) is 11.1 Å². The molecule has 4 nitrogen and oxygen atoms in total. The van der Waals surface area contributed by atoms with Crippen LogP contribution < -0.4 is 10.9 Å². The second-order valence-electron chi connectivity index (χ2n) is 1.20. The molecule has 5 heteroatoms. The molecule has 0 amide bonds. The summed E-state index contributed by atoms with van der Waals surface area (Å²) in [5, 5.41) is 0. The lowest BCUT2D eigenvalue weighted by atomic mass is 10.8. The van der Waals surface area contributed by atoms with Gasteiger partial charge in [-0.2, -0.15) is 0 Å². The van der Waals surface area contributed by atoms with Gasteiger partial charge in [-0.25, -0.2) is 4.21 Å². The van der Waals surface area contributed by atoms with Crippen LogP contribution in [0.1, 0.15) is 0 Å². The highest BCUT2D eigenvalue weighted by Crippen LogP contribution is 1.67. The van der Waals surface area contributed by atoms with Gasteiger partial charge in [0.25, 0.3) is 0 Å². The van der Waals surface area contributed by atoms with Crippen molar-refractivity contribution in [2.45, 2.75) is 0 Å². The Hall–Kier alpha value is 0.0300. The van der Waals surface area contributed by atoms with Crippen LogP contribution in [0.25, 0.3) is 0 Å². The molecule has 0 bridgehead atoms. The van der Waals surface area contributed by atoms with E-state index in [1.54, 1.807) is 7.05 Å². The molecule has 8 heavy (non-hydrogen) atoms. The molecular formula is C3H10N2O2S. The summed E-state index contributed by atoms with van der Waals surface area (Å²) in [6.45, 7) is 0.514. The Bertz CT molecular complexity index is 77.7. The predicted octanol–water partition coefficient (Wildman–Crippen LogP) is -1.07. The van der Waals surface area contributed by atoms with Gasteiger partial charge in [0, 0.05) is 6.54 Å². The number of nitrogens with one attached hydrogen (secondary N) is 2. The monoisotopic (exact) mass is 138 g/mol. The summed E-state index contributed by atoms with van der Waals surface area (Å²) in [5.41, 5.74) is 5.30. The standard InChI is InChI=1S/C3H10N2O2S/c1-4-5-2-3-8(6)7/h4-5H,2-3H2,1H3,(H,6,7). The van der Waals surface area contributed by atoms with E-state index in [0.29, 0.717) is 6.54 Å². The molecule has 0 rings (SSSR count). The van der Waals surface area contributed by atoms with Crippen LogP contribution in [0.4, 0.5) is 0 Å². The molecular weight excluding hydrogens is 128 g/mol. The maximum Gasteiger partial charge on any atom is 0.154 e. The third kappa shape index (κ3) is 6.03. The second-order valence-corrected chi connectivity index (χ2v) is 2.25. The van der Waals surface area contributed by atoms with Crippen molar-refractivity contribution in [2.75, 3.05) is 19.3 Å². The van der Waals surface area contributed by atoms with E-state index >= 15 is 0 Å². The highest BCUT2D eigenvalue weighted by molar-refractivity contribution is 7.79. The fraction of sp³-hybridized carbons (Fsp3) is 1.00. The molecule has 0 fully saturated rings. The zero-order valence-corrected chi connectivity index (χ0v) is 5.49. The largest absolute Gasteiger partial charge is 0.306 e. The van der Waals surface area contributed by atoms with Crippen molar-refractivity contribution >= 4 is 11.1 Å². The maximum atomic E-state index is 9.92. The molecule has 0 heterocycles. The summed E-state index contributed by atoms with van der Waals surface area (Å²) in [6.07, 6.45) is 0. The summed E-state index contributed by atoms with van der Waals surface area (Å²) in [6, 6.07) is 0. The van der Waals surface area contributed by atoms with E-state index < -0.39 is 11.1 Å². The van der Waals surface area contributed by atoms with Crippen LogP contribution in [0.5, 0.6) is 0 Å². The van der Waals surface area contributed by atoms with Crippen LogP contribution in [0.2, 0.25) is 0 Å². The Kier molecular flexibility index (Phi) is 5.19. The third-order valence-electron chi connectivity index (χ3n) is 0.578. The zero-order valence-electron chi connectivity index (χ0n) is 4.68. The van der Waals surface area contributed by atoms with Gasteiger partial charge < -0.3 is 4.55 Å². The van der Waals surface area contributed by atoms with E-state index in [0.717, 1.165) is 0 Å². The minimum Gasteiger partial charge on any atom is -0.306 e. The smallest absolute Gasteiger partial charge is 0.154 e. The molecule has 0 aliphatic carbocycles. The summed E-state index contributed by atoms with van der Waals surface area (Å²) in [7, 11) is 1.71. The first-order valence-corrected chi connectivity index (χ1v) is 3.52. The first-order chi connectivity index (χ1) is 3.77. The van der Waals surface area contributed by atoms with Crippen molar-refractivity contribution < 1.29 is 8.76 Å². The molecule has 0 spiro atoms. The van der Waals surface area contributed by atoms with E-state index in [1.165, 1.54) is 0 Å². The quantitative estimate of drug-likeness (QED) is 0.263. The summed E-state index contributed by atoms with van der Waals surface area (Å²) in [5.74, 6) is 0.265. The van der Waals surface area contributed by atoms with Gasteiger partial charge in [0.15, 0.2) is 11.1 Å². The predicted molar refractivity (Wildman–Crippen MR) is 32.7 cm³/mol. The number of hydrogen-bond donors (Lipinski definition) is 3. The van der Waals surface area contributed by atoms with Gasteiger partial charge in [0.05, 0.1) is 5.75 Å². The SMILES string of the molecule is CNNCCS(=O)O. The molecule has 0 aliphatic heterocycles. The van der Waals surface area contributed by atoms with Crippen LogP contribution in [-0.4, -0.2) is 28.1 Å². The Morgan fingerprint density at radius 1 is 1.75 bits per heavy atom. The summed E-state index contributed by atoms with van der Waals surface area (Å²) < 4.78 is 18.1. The van der Waals surface area contributed by atoms with Crippen molar-refractivity contribution in [3.63, 3.8) is 0 Å². The first kappa shape index (κ1) is 8.03. The van der Waals surface area contributed by atoms with E-state index in [4.69, 9.17) is 4.55 Å². The number of hydrazine groups is 1. The average molecular weight is 138 g/mol. The van der Waals surface area contributed by atoms with Gasteiger partial charge in [-0.3, -0.25) is 10.9 Å². The molecule has 0 radical (unpaired) electrons. The molecule has 3 N–H and O–H groups in total. The average Bonchev–Trinajstić information content (AvgIpc) is 1.66. The molecule has 50 valence electrons. The summed E-state index contributed by atoms with van der Waals surface area (Å²) in [4.78, 5) is 0. The zero-order chi connectivity index (χ0) is 6.41. The van der Waals surface area contributed by atoms with E-state index in [2.05, 4.69) is 10.9 Å². The molecule has 0 aromatic heterocycles. The Morgan fingerprint density at radius 2 is 2.38 bits per heavy atom. The normalized spacial score (nSPS) is 13.8. The van der Waals surface area contributed by atoms with Crippen LogP contribution >= 0.6 is 0 Å². The van der Waals surface area contributed by atoms with Gasteiger partial charge in [-0.05, 0) is 7.05 Å². The number of rotatable bonds is 4. The van der Waals surface area contributed by atoms with Crippen LogP contribution in [0.15, 0.2) is 0 Å². The van der Waals surface area contributed by atoms with Crippen LogP contribution in [0, 0.1) is 0 Å². The highest BCUT2D eigenvalue weighted by atomic mass is 32.2. The molecule has 0 saturated heterocycles. The van der Waals surface area contributed by atoms with Gasteiger partial charge in [0.1, 0.15) is 0 Å². The molecule has 0 saturated carbocycles. The Labute approximate surface area is 50.9 Å². The molecule has 0 aromatic rings. The fourth-order valence-corrected chi connectivity index (χ4v) is 0.540. The molecule has 0 aliphatic rings. The van der Waals surface area contributed by atoms with Crippen molar-refractivity contribution in [3.05, 3.63) is 0 Å². The topological polar surface area (TPSA) is 61.4 Å². The first-order valence-electron chi connectivity index (χ1n) is 2.24. The second kappa shape index (κ2) is 5.17. The van der Waals surface area contributed by atoms with Gasteiger partial charge in [-0.15, -0.1) is 0 Å². The van der Waals surface area contributed by atoms with E-state index in [-0.39, 0.29) is 5.75 Å². The Morgan fingerprint density at radius 3 is 2.75 bits per heavy atom. The third-order valence-corrected chi connectivity index (χ3v) is 1.13. The lowest BCUT2D eigenvalue weighted by molar-refractivity contribution is 0.553. The molecule has 1 unspecified atom stereocenters. The molecule has 0 aromatic carbocycles. The van der Waals surface area contributed by atoms with Gasteiger partial charge in [0.2, 0.25) is 0 Å². The maximum absolute atomic E-state index is 9.92. The fourth-order valence-electron chi connectivity index (χ4n) is 0.263. The lowest BCUT2D eigenvalue weighted by Gasteiger charge is -1.96. The van der Waals surface area contributed by atoms with Gasteiger partial charge in [-0.1, -0.05) is 0 Å². The highest BCUT2D eigenvalue weighted by Gasteiger charge is 1.88. The van der Waals surface area contributed by atoms with Gasteiger partial charge >= 0.3 is 0 Å². The minimum absolute atomic E-state index is 0.265. The Balaban J connectivity index is 2.82. The van der Waals surface area contributed by atoms with E-state index in [1.807, 2.05) is 0 Å². The van der Waals surface area contributed by atoms with E-state index in [9.17, 15) is 4.21 Å². The molecule has 1 atom stereocenters. The van der Waals surface area contributed by atoms with Crippen molar-refractivity contribution in [1.82, 2.24) is 10.9 Å². The van der Waals surface area contributed by atoms with Crippen molar-refractivity contribution in [3.8, 4) is 0 Å². The number of hydrogen-bond acceptors (Lipinski definition) is 3. The van der Waals surface area contributed by atoms with Crippen molar-refractivity contribution in [2.24, 2.45) is 0 Å².